The number of benzene rings is 2. The van der Waals surface area contributed by atoms with Crippen LogP contribution in [0.5, 0.6) is 5.75 Å². The monoisotopic (exact) mass is 421 g/mol. The molecule has 1 N–H and O–H groups in total. The number of nitrogens with one attached hydrogen (secondary N) is 1. The highest BCUT2D eigenvalue weighted by atomic mass is 32.1. The Morgan fingerprint density at radius 1 is 1.07 bits per heavy atom. The molecule has 3 rings (SSSR count). The topological polar surface area (TPSA) is 64.6 Å². The summed E-state index contributed by atoms with van der Waals surface area (Å²) >= 11 is 1.35. The number of rotatable bonds is 7. The van der Waals surface area contributed by atoms with Crippen LogP contribution >= 0.6 is 11.3 Å². The third-order valence-corrected chi connectivity index (χ3v) is 5.43. The summed E-state index contributed by atoms with van der Waals surface area (Å²) in [7, 11) is 1.60. The average Bonchev–Trinajstić information content (AvgIpc) is 3.08. The molecule has 1 heterocycles. The SMILES string of the molecule is CCOC(=O)c1c(NC(=O)/C=C\c2ccccc2)sc(C)c1-c1ccc(OC)cc1. The minimum atomic E-state index is -0.463. The summed E-state index contributed by atoms with van der Waals surface area (Å²) < 4.78 is 10.5. The molecule has 0 aliphatic carbocycles. The lowest BCUT2D eigenvalue weighted by Crippen LogP contribution is -2.12. The molecule has 0 radical (unpaired) electrons. The van der Waals surface area contributed by atoms with Crippen molar-refractivity contribution in [3.05, 3.63) is 76.7 Å². The van der Waals surface area contributed by atoms with Gasteiger partial charge in [-0.15, -0.1) is 11.3 Å². The first-order valence-electron chi connectivity index (χ1n) is 9.52. The van der Waals surface area contributed by atoms with Crippen molar-refractivity contribution in [2.24, 2.45) is 0 Å². The van der Waals surface area contributed by atoms with E-state index in [9.17, 15) is 9.59 Å². The van der Waals surface area contributed by atoms with Crippen LogP contribution in [-0.4, -0.2) is 25.6 Å². The van der Waals surface area contributed by atoms with E-state index in [1.807, 2.05) is 61.5 Å². The Bertz CT molecular complexity index is 1050. The molecule has 0 aliphatic heterocycles. The second kappa shape index (κ2) is 9.89. The van der Waals surface area contributed by atoms with Gasteiger partial charge in [0.2, 0.25) is 5.91 Å². The van der Waals surface area contributed by atoms with E-state index >= 15 is 0 Å². The Balaban J connectivity index is 1.94. The Hall–Kier alpha value is -3.38. The van der Waals surface area contributed by atoms with Crippen molar-refractivity contribution in [1.82, 2.24) is 0 Å². The van der Waals surface area contributed by atoms with Gasteiger partial charge in [-0.25, -0.2) is 4.79 Å². The summed E-state index contributed by atoms with van der Waals surface area (Å²) in [5.41, 5.74) is 2.89. The van der Waals surface area contributed by atoms with Gasteiger partial charge < -0.3 is 14.8 Å². The van der Waals surface area contributed by atoms with Crippen LogP contribution in [0, 0.1) is 6.92 Å². The van der Waals surface area contributed by atoms with Crippen molar-refractivity contribution in [2.75, 3.05) is 19.0 Å². The van der Waals surface area contributed by atoms with Crippen LogP contribution in [0.3, 0.4) is 0 Å². The van der Waals surface area contributed by atoms with Crippen LogP contribution in [0.25, 0.3) is 17.2 Å². The van der Waals surface area contributed by atoms with Crippen LogP contribution in [-0.2, 0) is 9.53 Å². The summed E-state index contributed by atoms with van der Waals surface area (Å²) in [5.74, 6) is -0.0502. The first-order chi connectivity index (χ1) is 14.5. The number of esters is 1. The average molecular weight is 422 g/mol. The lowest BCUT2D eigenvalue weighted by molar-refractivity contribution is -0.111. The Morgan fingerprint density at radius 3 is 2.40 bits per heavy atom. The van der Waals surface area contributed by atoms with E-state index in [0.717, 1.165) is 27.3 Å². The molecule has 0 saturated carbocycles. The van der Waals surface area contributed by atoms with E-state index in [-0.39, 0.29) is 12.5 Å². The van der Waals surface area contributed by atoms with Gasteiger partial charge in [0, 0.05) is 16.5 Å². The van der Waals surface area contributed by atoms with Gasteiger partial charge in [0.1, 0.15) is 16.3 Å². The number of carbonyl (C=O) groups excluding carboxylic acids is 2. The van der Waals surface area contributed by atoms with Crippen LogP contribution in [0.15, 0.2) is 60.7 Å². The predicted molar refractivity (Wildman–Crippen MR) is 121 cm³/mol. The van der Waals surface area contributed by atoms with E-state index in [4.69, 9.17) is 9.47 Å². The molecule has 30 heavy (non-hydrogen) atoms. The Kier molecular flexibility index (Phi) is 7.03. The van der Waals surface area contributed by atoms with Crippen LogP contribution in [0.2, 0.25) is 0 Å². The maximum absolute atomic E-state index is 12.7. The van der Waals surface area contributed by atoms with Crippen molar-refractivity contribution in [1.29, 1.82) is 0 Å². The molecule has 1 aromatic heterocycles. The molecular formula is C24H23NO4S. The maximum atomic E-state index is 12.7. The van der Waals surface area contributed by atoms with E-state index in [2.05, 4.69) is 5.32 Å². The number of hydrogen-bond acceptors (Lipinski definition) is 5. The number of carbonyl (C=O) groups is 2. The third-order valence-electron chi connectivity index (χ3n) is 4.41. The van der Waals surface area contributed by atoms with Crippen molar-refractivity contribution >= 4 is 34.3 Å². The first kappa shape index (κ1) is 21.3. The quantitative estimate of drug-likeness (QED) is 0.401. The molecular weight excluding hydrogens is 398 g/mol. The van der Waals surface area contributed by atoms with Crippen molar-refractivity contribution in [3.8, 4) is 16.9 Å². The molecule has 1 amide bonds. The number of thiophene rings is 1. The normalized spacial score (nSPS) is 10.8. The second-order valence-corrected chi connectivity index (χ2v) is 7.64. The summed E-state index contributed by atoms with van der Waals surface area (Å²) in [4.78, 5) is 26.2. The molecule has 2 aromatic carbocycles. The molecule has 0 fully saturated rings. The first-order valence-corrected chi connectivity index (χ1v) is 10.3. The zero-order valence-corrected chi connectivity index (χ0v) is 17.9. The number of aryl methyl sites for hydroxylation is 1. The lowest BCUT2D eigenvalue weighted by atomic mass is 10.0. The molecule has 0 saturated heterocycles. The van der Waals surface area contributed by atoms with Crippen molar-refractivity contribution < 1.29 is 19.1 Å². The Morgan fingerprint density at radius 2 is 1.77 bits per heavy atom. The van der Waals surface area contributed by atoms with Crippen LogP contribution in [0.1, 0.15) is 27.7 Å². The van der Waals surface area contributed by atoms with Crippen molar-refractivity contribution in [2.45, 2.75) is 13.8 Å². The number of methoxy groups -OCH3 is 1. The lowest BCUT2D eigenvalue weighted by Gasteiger charge is -2.09. The summed E-state index contributed by atoms with van der Waals surface area (Å²) in [6.45, 7) is 3.92. The van der Waals surface area contributed by atoms with Crippen LogP contribution < -0.4 is 10.1 Å². The fourth-order valence-electron chi connectivity index (χ4n) is 3.03. The smallest absolute Gasteiger partial charge is 0.341 e. The van der Waals surface area contributed by atoms with E-state index in [0.29, 0.717) is 10.6 Å². The van der Waals surface area contributed by atoms with E-state index in [1.165, 1.54) is 17.4 Å². The van der Waals surface area contributed by atoms with Crippen LogP contribution in [0.4, 0.5) is 5.00 Å². The standard InChI is InChI=1S/C24H23NO4S/c1-4-29-24(27)22-21(18-11-13-19(28-3)14-12-18)16(2)30-23(22)25-20(26)15-10-17-8-6-5-7-9-17/h5-15H,4H2,1-3H3,(H,25,26)/b15-10-. The molecule has 3 aromatic rings. The maximum Gasteiger partial charge on any atom is 0.341 e. The zero-order valence-electron chi connectivity index (χ0n) is 17.1. The van der Waals surface area contributed by atoms with E-state index < -0.39 is 5.97 Å². The summed E-state index contributed by atoms with van der Waals surface area (Å²) in [6.07, 6.45) is 3.18. The molecule has 6 heteroatoms. The van der Waals surface area contributed by atoms with Gasteiger partial charge in [-0.3, -0.25) is 4.79 Å². The number of anilines is 1. The molecule has 0 spiro atoms. The largest absolute Gasteiger partial charge is 0.497 e. The highest BCUT2D eigenvalue weighted by Crippen LogP contribution is 2.40. The molecule has 0 aliphatic rings. The van der Waals surface area contributed by atoms with Gasteiger partial charge in [-0.05, 0) is 43.2 Å². The number of hydrogen-bond donors (Lipinski definition) is 1. The van der Waals surface area contributed by atoms with Gasteiger partial charge in [0.05, 0.1) is 13.7 Å². The molecule has 0 atom stereocenters. The minimum absolute atomic E-state index is 0.247. The summed E-state index contributed by atoms with van der Waals surface area (Å²) in [5, 5.41) is 3.31. The number of amides is 1. The van der Waals surface area contributed by atoms with Crippen molar-refractivity contribution in [3.63, 3.8) is 0 Å². The molecule has 154 valence electrons. The van der Waals surface area contributed by atoms with Gasteiger partial charge in [0.15, 0.2) is 0 Å². The fraction of sp³-hybridized carbons (Fsp3) is 0.167. The highest BCUT2D eigenvalue weighted by molar-refractivity contribution is 7.17. The van der Waals surface area contributed by atoms with Gasteiger partial charge >= 0.3 is 5.97 Å². The zero-order chi connectivity index (χ0) is 21.5. The fourth-order valence-corrected chi connectivity index (χ4v) is 4.09. The molecule has 0 unspecified atom stereocenters. The van der Waals surface area contributed by atoms with Gasteiger partial charge in [-0.1, -0.05) is 42.5 Å². The predicted octanol–water partition coefficient (Wildman–Crippen LogP) is 5.56. The minimum Gasteiger partial charge on any atom is -0.497 e. The van der Waals surface area contributed by atoms with Gasteiger partial charge in [-0.2, -0.15) is 0 Å². The Labute approximate surface area is 180 Å². The second-order valence-electron chi connectivity index (χ2n) is 6.42. The summed E-state index contributed by atoms with van der Waals surface area (Å²) in [6, 6.07) is 17.0. The number of ether oxygens (including phenoxy) is 2. The van der Waals surface area contributed by atoms with E-state index in [1.54, 1.807) is 20.1 Å². The van der Waals surface area contributed by atoms with Gasteiger partial charge in [0.25, 0.3) is 0 Å². The third kappa shape index (κ3) is 4.96. The molecule has 5 nitrogen and oxygen atoms in total. The highest BCUT2D eigenvalue weighted by Gasteiger charge is 2.25. The molecule has 0 bridgehead atoms.